The first-order chi connectivity index (χ1) is 10.7. The Morgan fingerprint density at radius 1 is 1.00 bits per heavy atom. The predicted octanol–water partition coefficient (Wildman–Crippen LogP) is 4.64. The molecule has 1 spiro atoms. The van der Waals surface area contributed by atoms with Crippen molar-refractivity contribution in [1.82, 2.24) is 4.90 Å². The Morgan fingerprint density at radius 2 is 1.68 bits per heavy atom. The fourth-order valence-corrected chi connectivity index (χ4v) is 3.67. The van der Waals surface area contributed by atoms with Crippen LogP contribution in [0.3, 0.4) is 0 Å². The van der Waals surface area contributed by atoms with Gasteiger partial charge in [-0.05, 0) is 76.4 Å². The van der Waals surface area contributed by atoms with E-state index in [0.29, 0.717) is 12.1 Å². The number of likely N-dealkylation sites (tertiary alicyclic amines) is 1. The van der Waals surface area contributed by atoms with Gasteiger partial charge in [0.2, 0.25) is 0 Å². The average Bonchev–Trinajstić information content (AvgIpc) is 3.31. The van der Waals surface area contributed by atoms with Gasteiger partial charge in [-0.25, -0.2) is 0 Å². The van der Waals surface area contributed by atoms with Gasteiger partial charge < -0.3 is 9.64 Å². The van der Waals surface area contributed by atoms with Crippen LogP contribution in [-0.2, 0) is 11.3 Å². The summed E-state index contributed by atoms with van der Waals surface area (Å²) in [5.41, 5.74) is 2.07. The van der Waals surface area contributed by atoms with Crippen molar-refractivity contribution < 1.29 is 4.74 Å². The maximum absolute atomic E-state index is 5.99. The van der Waals surface area contributed by atoms with Crippen LogP contribution in [-0.4, -0.2) is 30.1 Å². The molecule has 1 saturated carbocycles. The molecule has 2 aliphatic rings. The van der Waals surface area contributed by atoms with Crippen molar-refractivity contribution in [2.24, 2.45) is 5.41 Å². The minimum absolute atomic E-state index is 0.349. The number of piperidine rings is 1. The molecule has 3 rings (SSSR count). The van der Waals surface area contributed by atoms with E-state index >= 15 is 0 Å². The summed E-state index contributed by atoms with van der Waals surface area (Å²) in [5.74, 6) is 0. The molecule has 1 aromatic rings. The molecule has 2 heteroatoms. The summed E-state index contributed by atoms with van der Waals surface area (Å²) in [5, 5.41) is 0. The number of benzene rings is 1. The van der Waals surface area contributed by atoms with Gasteiger partial charge in [-0.2, -0.15) is 0 Å². The van der Waals surface area contributed by atoms with Gasteiger partial charge in [0.05, 0.1) is 12.7 Å². The van der Waals surface area contributed by atoms with Crippen LogP contribution >= 0.6 is 0 Å². The molecule has 2 nitrogen and oxygen atoms in total. The van der Waals surface area contributed by atoms with Crippen LogP contribution in [0, 0.1) is 5.41 Å². The maximum atomic E-state index is 5.99. The number of nitrogens with zero attached hydrogens (tertiary/aromatic N) is 1. The molecule has 1 aliphatic carbocycles. The molecule has 2 unspecified atom stereocenters. The van der Waals surface area contributed by atoms with Gasteiger partial charge in [0, 0.05) is 6.04 Å². The van der Waals surface area contributed by atoms with Crippen molar-refractivity contribution in [3.05, 3.63) is 35.9 Å². The molecule has 0 amide bonds. The second kappa shape index (κ2) is 7.14. The summed E-state index contributed by atoms with van der Waals surface area (Å²) in [6.45, 7) is 7.99. The molecule has 1 saturated heterocycles. The molecule has 0 bridgehead atoms. The summed E-state index contributed by atoms with van der Waals surface area (Å²) in [6.07, 6.45) is 8.65. The number of hydrogen-bond donors (Lipinski definition) is 0. The monoisotopic (exact) mass is 301 g/mol. The number of rotatable bonds is 7. The molecule has 0 N–H and O–H groups in total. The zero-order chi connectivity index (χ0) is 15.4. The Morgan fingerprint density at radius 3 is 2.32 bits per heavy atom. The van der Waals surface area contributed by atoms with Gasteiger partial charge in [-0.15, -0.1) is 0 Å². The standard InChI is InChI=1S/C20H31NO/c1-17(21-14-12-20(10-11-20)13-15-21)8-9-18(2)22-16-19-6-4-3-5-7-19/h3-7,17-18H,8-16H2,1-2H3. The van der Waals surface area contributed by atoms with Gasteiger partial charge >= 0.3 is 0 Å². The zero-order valence-electron chi connectivity index (χ0n) is 14.3. The van der Waals surface area contributed by atoms with E-state index in [-0.39, 0.29) is 0 Å². The summed E-state index contributed by atoms with van der Waals surface area (Å²) in [6, 6.07) is 11.2. The highest BCUT2D eigenvalue weighted by Crippen LogP contribution is 2.53. The molecule has 2 atom stereocenters. The van der Waals surface area contributed by atoms with Crippen molar-refractivity contribution in [2.75, 3.05) is 13.1 Å². The quantitative estimate of drug-likeness (QED) is 0.727. The first kappa shape index (κ1) is 16.0. The van der Waals surface area contributed by atoms with Crippen LogP contribution in [0.15, 0.2) is 30.3 Å². The molecule has 122 valence electrons. The Labute approximate surface area is 135 Å². The average molecular weight is 301 g/mol. The normalized spacial score (nSPS) is 23.4. The smallest absolute Gasteiger partial charge is 0.0720 e. The molecule has 22 heavy (non-hydrogen) atoms. The Hall–Kier alpha value is -0.860. The lowest BCUT2D eigenvalue weighted by Gasteiger charge is -2.36. The zero-order valence-corrected chi connectivity index (χ0v) is 14.3. The van der Waals surface area contributed by atoms with E-state index in [1.165, 1.54) is 50.8 Å². The van der Waals surface area contributed by atoms with Crippen LogP contribution in [0.25, 0.3) is 0 Å². The van der Waals surface area contributed by atoms with Crippen molar-refractivity contribution >= 4 is 0 Å². The van der Waals surface area contributed by atoms with E-state index in [4.69, 9.17) is 4.74 Å². The molecular formula is C20H31NO. The maximum Gasteiger partial charge on any atom is 0.0720 e. The largest absolute Gasteiger partial charge is 0.374 e. The van der Waals surface area contributed by atoms with Crippen molar-refractivity contribution in [1.29, 1.82) is 0 Å². The lowest BCUT2D eigenvalue weighted by molar-refractivity contribution is 0.0375. The van der Waals surface area contributed by atoms with Crippen LogP contribution in [0.2, 0.25) is 0 Å². The molecule has 2 fully saturated rings. The molecule has 0 aromatic heterocycles. The first-order valence-electron chi connectivity index (χ1n) is 9.06. The fraction of sp³-hybridized carbons (Fsp3) is 0.700. The van der Waals surface area contributed by atoms with Gasteiger partial charge in [0.15, 0.2) is 0 Å². The summed E-state index contributed by atoms with van der Waals surface area (Å²) >= 11 is 0. The predicted molar refractivity (Wildman–Crippen MR) is 91.9 cm³/mol. The molecule has 1 heterocycles. The van der Waals surface area contributed by atoms with Crippen molar-refractivity contribution in [2.45, 2.75) is 71.1 Å². The van der Waals surface area contributed by atoms with Crippen LogP contribution < -0.4 is 0 Å². The summed E-state index contributed by atoms with van der Waals surface area (Å²) in [7, 11) is 0. The van der Waals surface area contributed by atoms with E-state index < -0.39 is 0 Å². The van der Waals surface area contributed by atoms with E-state index in [1.807, 2.05) is 0 Å². The summed E-state index contributed by atoms with van der Waals surface area (Å²) < 4.78 is 5.99. The fourth-order valence-electron chi connectivity index (χ4n) is 3.67. The number of hydrogen-bond acceptors (Lipinski definition) is 2. The SMILES string of the molecule is CC(CCC(C)N1CCC2(CC1)CC2)OCc1ccccc1. The van der Waals surface area contributed by atoms with Crippen LogP contribution in [0.1, 0.15) is 57.9 Å². The minimum atomic E-state index is 0.349. The topological polar surface area (TPSA) is 12.5 Å². The number of ether oxygens (including phenoxy) is 1. The highest BCUT2D eigenvalue weighted by Gasteiger charge is 2.44. The van der Waals surface area contributed by atoms with E-state index in [2.05, 4.69) is 49.1 Å². The van der Waals surface area contributed by atoms with Gasteiger partial charge in [-0.1, -0.05) is 30.3 Å². The van der Waals surface area contributed by atoms with Gasteiger partial charge in [-0.3, -0.25) is 0 Å². The Balaban J connectivity index is 1.33. The van der Waals surface area contributed by atoms with Crippen molar-refractivity contribution in [3.63, 3.8) is 0 Å². The van der Waals surface area contributed by atoms with E-state index in [9.17, 15) is 0 Å². The highest BCUT2D eigenvalue weighted by molar-refractivity contribution is 5.13. The lowest BCUT2D eigenvalue weighted by atomic mass is 9.92. The molecule has 1 aromatic carbocycles. The Kier molecular flexibility index (Phi) is 5.20. The van der Waals surface area contributed by atoms with Crippen molar-refractivity contribution in [3.8, 4) is 0 Å². The molecule has 0 radical (unpaired) electrons. The minimum Gasteiger partial charge on any atom is -0.374 e. The first-order valence-corrected chi connectivity index (χ1v) is 9.06. The molecular weight excluding hydrogens is 270 g/mol. The summed E-state index contributed by atoms with van der Waals surface area (Å²) in [4.78, 5) is 2.70. The van der Waals surface area contributed by atoms with E-state index in [1.54, 1.807) is 0 Å². The third-order valence-corrected chi connectivity index (χ3v) is 5.81. The van der Waals surface area contributed by atoms with Gasteiger partial charge in [0.25, 0.3) is 0 Å². The molecule has 1 aliphatic heterocycles. The van der Waals surface area contributed by atoms with Crippen LogP contribution in [0.4, 0.5) is 0 Å². The third-order valence-electron chi connectivity index (χ3n) is 5.81. The van der Waals surface area contributed by atoms with Crippen LogP contribution in [0.5, 0.6) is 0 Å². The highest BCUT2D eigenvalue weighted by atomic mass is 16.5. The second-order valence-electron chi connectivity index (χ2n) is 7.57. The third kappa shape index (κ3) is 4.33. The van der Waals surface area contributed by atoms with Gasteiger partial charge in [0.1, 0.15) is 0 Å². The Bertz CT molecular complexity index is 444. The van der Waals surface area contributed by atoms with E-state index in [0.717, 1.165) is 18.4 Å². The lowest BCUT2D eigenvalue weighted by Crippen LogP contribution is -2.40. The second-order valence-corrected chi connectivity index (χ2v) is 7.57.